The average Bonchev–Trinajstić information content (AvgIpc) is 2.80. The van der Waals surface area contributed by atoms with Gasteiger partial charge >= 0.3 is 0 Å². The number of anilines is 1. The molecule has 1 atom stereocenters. The Hall–Kier alpha value is -2.87. The lowest BCUT2D eigenvalue weighted by atomic mass is 9.98. The van der Waals surface area contributed by atoms with Crippen molar-refractivity contribution >= 4 is 5.95 Å². The molecule has 0 amide bonds. The average molecular weight is 390 g/mol. The minimum atomic E-state index is -0.225. The quantitative estimate of drug-likeness (QED) is 0.640. The highest BCUT2D eigenvalue weighted by Crippen LogP contribution is 2.24. The van der Waals surface area contributed by atoms with Crippen LogP contribution in [0.5, 0.6) is 0 Å². The molecular formula is C22H26N6O. The molecule has 4 rings (SSSR count). The van der Waals surface area contributed by atoms with Crippen molar-refractivity contribution in [1.29, 1.82) is 0 Å². The van der Waals surface area contributed by atoms with Crippen molar-refractivity contribution in [3.05, 3.63) is 72.2 Å². The van der Waals surface area contributed by atoms with E-state index >= 15 is 0 Å². The van der Waals surface area contributed by atoms with E-state index in [-0.39, 0.29) is 6.04 Å². The van der Waals surface area contributed by atoms with Gasteiger partial charge in [0, 0.05) is 50.3 Å². The molecule has 7 heteroatoms. The van der Waals surface area contributed by atoms with Gasteiger partial charge in [-0.05, 0) is 29.3 Å². The number of rotatable bonds is 7. The molecule has 1 aliphatic heterocycles. The number of benzene rings is 1. The van der Waals surface area contributed by atoms with E-state index in [0.29, 0.717) is 5.95 Å². The highest BCUT2D eigenvalue weighted by molar-refractivity contribution is 5.61. The first-order valence-corrected chi connectivity index (χ1v) is 9.92. The number of hydrogen-bond donors (Lipinski definition) is 2. The Morgan fingerprint density at radius 1 is 1.07 bits per heavy atom. The number of morpholine rings is 1. The molecule has 0 spiro atoms. The van der Waals surface area contributed by atoms with Gasteiger partial charge in [-0.15, -0.1) is 0 Å². The Kier molecular flexibility index (Phi) is 6.41. The molecule has 7 nitrogen and oxygen atoms in total. The van der Waals surface area contributed by atoms with Crippen LogP contribution in [-0.2, 0) is 4.74 Å². The van der Waals surface area contributed by atoms with Crippen LogP contribution in [-0.4, -0.2) is 59.2 Å². The zero-order chi connectivity index (χ0) is 19.9. The lowest BCUT2D eigenvalue weighted by Gasteiger charge is -2.26. The molecular weight excluding hydrogens is 364 g/mol. The van der Waals surface area contributed by atoms with Crippen LogP contribution in [0.15, 0.2) is 61.1 Å². The summed E-state index contributed by atoms with van der Waals surface area (Å²) in [6.07, 6.45) is 5.34. The van der Waals surface area contributed by atoms with Crippen molar-refractivity contribution in [3.8, 4) is 11.3 Å². The minimum absolute atomic E-state index is 0.225. The summed E-state index contributed by atoms with van der Waals surface area (Å²) in [5.74, 6) is 0.637. The van der Waals surface area contributed by atoms with Gasteiger partial charge < -0.3 is 15.8 Å². The predicted molar refractivity (Wildman–Crippen MR) is 113 cm³/mol. The number of nitrogens with zero attached hydrogens (tertiary/aromatic N) is 4. The molecule has 0 saturated carbocycles. The van der Waals surface area contributed by atoms with Crippen LogP contribution < -0.4 is 11.1 Å². The predicted octanol–water partition coefficient (Wildman–Crippen LogP) is 2.33. The number of pyridine rings is 1. The van der Waals surface area contributed by atoms with Crippen molar-refractivity contribution in [2.45, 2.75) is 6.04 Å². The summed E-state index contributed by atoms with van der Waals surface area (Å²) in [4.78, 5) is 15.6. The van der Waals surface area contributed by atoms with Gasteiger partial charge in [0.05, 0.1) is 24.9 Å². The summed E-state index contributed by atoms with van der Waals surface area (Å²) in [6.45, 7) is 5.33. The zero-order valence-electron chi connectivity index (χ0n) is 16.4. The van der Waals surface area contributed by atoms with Crippen LogP contribution in [0.4, 0.5) is 5.95 Å². The van der Waals surface area contributed by atoms with Gasteiger partial charge in [0.2, 0.25) is 5.95 Å². The first kappa shape index (κ1) is 19.4. The zero-order valence-corrected chi connectivity index (χ0v) is 16.4. The number of aromatic nitrogens is 3. The smallest absolute Gasteiger partial charge is 0.223 e. The first-order chi connectivity index (χ1) is 14.3. The number of nitrogens with one attached hydrogen (secondary N) is 1. The van der Waals surface area contributed by atoms with Gasteiger partial charge in [0.25, 0.3) is 0 Å². The maximum Gasteiger partial charge on any atom is 0.223 e. The first-order valence-electron chi connectivity index (χ1n) is 9.92. The van der Waals surface area contributed by atoms with E-state index in [4.69, 9.17) is 10.5 Å². The van der Waals surface area contributed by atoms with E-state index in [1.807, 2.05) is 36.4 Å². The largest absolute Gasteiger partial charge is 0.379 e. The fourth-order valence-electron chi connectivity index (χ4n) is 3.40. The standard InChI is InChI=1S/C22H26N6O/c23-21(19-5-2-7-24-16-19)18-4-1-3-17(15-18)20-6-8-25-22(27-20)26-9-10-28-11-13-29-14-12-28/h1-8,15-16,21H,9-14,23H2,(H,25,26,27). The molecule has 1 aromatic carbocycles. The minimum Gasteiger partial charge on any atom is -0.379 e. The van der Waals surface area contributed by atoms with Crippen molar-refractivity contribution in [3.63, 3.8) is 0 Å². The monoisotopic (exact) mass is 390 g/mol. The van der Waals surface area contributed by atoms with Crippen LogP contribution in [0, 0.1) is 0 Å². The molecule has 1 unspecified atom stereocenters. The van der Waals surface area contributed by atoms with Gasteiger partial charge in [-0.3, -0.25) is 9.88 Å². The normalized spacial score (nSPS) is 15.8. The summed E-state index contributed by atoms with van der Waals surface area (Å²) in [5, 5.41) is 3.33. The summed E-state index contributed by atoms with van der Waals surface area (Å²) < 4.78 is 5.38. The number of ether oxygens (including phenoxy) is 1. The van der Waals surface area contributed by atoms with Crippen molar-refractivity contribution in [2.75, 3.05) is 44.7 Å². The molecule has 1 fully saturated rings. The van der Waals surface area contributed by atoms with Crippen LogP contribution >= 0.6 is 0 Å². The second-order valence-corrected chi connectivity index (χ2v) is 7.04. The molecule has 2 aromatic heterocycles. The summed E-state index contributed by atoms with van der Waals surface area (Å²) >= 11 is 0. The lowest BCUT2D eigenvalue weighted by Crippen LogP contribution is -2.39. The van der Waals surface area contributed by atoms with Gasteiger partial charge in [-0.25, -0.2) is 9.97 Å². The Labute approximate surface area is 171 Å². The highest BCUT2D eigenvalue weighted by Gasteiger charge is 2.12. The molecule has 0 radical (unpaired) electrons. The lowest BCUT2D eigenvalue weighted by molar-refractivity contribution is 0.0398. The van der Waals surface area contributed by atoms with E-state index in [1.165, 1.54) is 0 Å². The van der Waals surface area contributed by atoms with Crippen LogP contribution in [0.25, 0.3) is 11.3 Å². The third-order valence-corrected chi connectivity index (χ3v) is 5.06. The third kappa shape index (κ3) is 5.14. The molecule has 1 aliphatic rings. The van der Waals surface area contributed by atoms with Gasteiger partial charge in [0.1, 0.15) is 0 Å². The van der Waals surface area contributed by atoms with E-state index < -0.39 is 0 Å². The summed E-state index contributed by atoms with van der Waals surface area (Å²) in [5.41, 5.74) is 10.3. The SMILES string of the molecule is NC(c1cccnc1)c1cccc(-c2ccnc(NCCN3CCOCC3)n2)c1. The van der Waals surface area contributed by atoms with Crippen LogP contribution in [0.2, 0.25) is 0 Å². The van der Waals surface area contributed by atoms with Crippen molar-refractivity contribution in [1.82, 2.24) is 19.9 Å². The number of hydrogen-bond acceptors (Lipinski definition) is 7. The maximum atomic E-state index is 6.43. The second-order valence-electron chi connectivity index (χ2n) is 7.04. The number of nitrogens with two attached hydrogens (primary N) is 1. The van der Waals surface area contributed by atoms with E-state index in [9.17, 15) is 0 Å². The Morgan fingerprint density at radius 2 is 1.93 bits per heavy atom. The van der Waals surface area contributed by atoms with E-state index in [0.717, 1.165) is 61.8 Å². The molecule has 3 N–H and O–H groups in total. The van der Waals surface area contributed by atoms with Gasteiger partial charge in [0.15, 0.2) is 0 Å². The highest BCUT2D eigenvalue weighted by atomic mass is 16.5. The molecule has 0 bridgehead atoms. The van der Waals surface area contributed by atoms with Crippen molar-refractivity contribution in [2.24, 2.45) is 5.73 Å². The molecule has 29 heavy (non-hydrogen) atoms. The molecule has 150 valence electrons. The van der Waals surface area contributed by atoms with Gasteiger partial charge in [-0.2, -0.15) is 0 Å². The Bertz CT molecular complexity index is 914. The van der Waals surface area contributed by atoms with Crippen LogP contribution in [0.3, 0.4) is 0 Å². The van der Waals surface area contributed by atoms with Gasteiger partial charge in [-0.1, -0.05) is 24.3 Å². The fraction of sp³-hybridized carbons (Fsp3) is 0.318. The molecule has 1 saturated heterocycles. The second kappa shape index (κ2) is 9.56. The Morgan fingerprint density at radius 3 is 2.76 bits per heavy atom. The molecule has 0 aliphatic carbocycles. The maximum absolute atomic E-state index is 6.43. The van der Waals surface area contributed by atoms with E-state index in [2.05, 4.69) is 31.2 Å². The van der Waals surface area contributed by atoms with Crippen molar-refractivity contribution < 1.29 is 4.74 Å². The topological polar surface area (TPSA) is 89.2 Å². The molecule has 3 aromatic rings. The fourth-order valence-corrected chi connectivity index (χ4v) is 3.40. The Balaban J connectivity index is 1.44. The summed E-state index contributed by atoms with van der Waals surface area (Å²) in [7, 11) is 0. The van der Waals surface area contributed by atoms with Crippen LogP contribution in [0.1, 0.15) is 17.2 Å². The van der Waals surface area contributed by atoms with E-state index in [1.54, 1.807) is 18.6 Å². The molecule has 3 heterocycles. The third-order valence-electron chi connectivity index (χ3n) is 5.06. The summed E-state index contributed by atoms with van der Waals surface area (Å²) in [6, 6.07) is 13.7.